The zero-order valence-electron chi connectivity index (χ0n) is 14.6. The summed E-state index contributed by atoms with van der Waals surface area (Å²) in [4.78, 5) is 23.4. The molecule has 2 aromatic rings. The van der Waals surface area contributed by atoms with E-state index >= 15 is 0 Å². The molecule has 0 aromatic heterocycles. The second-order valence-corrected chi connectivity index (χ2v) is 6.04. The van der Waals surface area contributed by atoms with E-state index in [0.717, 1.165) is 12.0 Å². The van der Waals surface area contributed by atoms with Crippen molar-refractivity contribution < 1.29 is 19.1 Å². The standard InChI is InChI=1S/C19H21ClN2O4/c1-3-15(12-4-7-14(20)8-5-12)22-19(24)13-6-9-16(17(10-13)25-2)26-11-18(21)23/h4-10,15H,3,11H2,1-2H3,(H2,21,23)(H,22,24)/t15-/m0/s1. The minimum absolute atomic E-state index is 0.142. The third-order valence-electron chi connectivity index (χ3n) is 3.78. The van der Waals surface area contributed by atoms with Crippen molar-refractivity contribution in [1.29, 1.82) is 0 Å². The molecule has 0 aliphatic carbocycles. The van der Waals surface area contributed by atoms with Gasteiger partial charge in [-0.05, 0) is 42.3 Å². The zero-order chi connectivity index (χ0) is 19.1. The molecule has 7 heteroatoms. The van der Waals surface area contributed by atoms with Crippen molar-refractivity contribution in [2.75, 3.05) is 13.7 Å². The average Bonchev–Trinajstić information content (AvgIpc) is 2.64. The van der Waals surface area contributed by atoms with E-state index < -0.39 is 5.91 Å². The van der Waals surface area contributed by atoms with E-state index in [0.29, 0.717) is 22.1 Å². The first-order valence-electron chi connectivity index (χ1n) is 8.10. The SMILES string of the molecule is CC[C@H](NC(=O)c1ccc(OCC(N)=O)c(OC)c1)c1ccc(Cl)cc1. The number of hydrogen-bond acceptors (Lipinski definition) is 4. The minimum Gasteiger partial charge on any atom is -0.493 e. The molecular weight excluding hydrogens is 356 g/mol. The van der Waals surface area contributed by atoms with Crippen molar-refractivity contribution in [3.8, 4) is 11.5 Å². The number of primary amides is 1. The molecule has 2 amide bonds. The fraction of sp³-hybridized carbons (Fsp3) is 0.263. The first-order valence-corrected chi connectivity index (χ1v) is 8.47. The highest BCUT2D eigenvalue weighted by atomic mass is 35.5. The summed E-state index contributed by atoms with van der Waals surface area (Å²) in [6.07, 6.45) is 0.727. The molecular formula is C19H21ClN2O4. The smallest absolute Gasteiger partial charge is 0.255 e. The maximum Gasteiger partial charge on any atom is 0.255 e. The van der Waals surface area contributed by atoms with Crippen molar-refractivity contribution in [3.05, 3.63) is 58.6 Å². The number of nitrogens with two attached hydrogens (primary N) is 1. The number of hydrogen-bond donors (Lipinski definition) is 2. The summed E-state index contributed by atoms with van der Waals surface area (Å²) in [5, 5.41) is 3.63. The number of carbonyl (C=O) groups is 2. The number of carbonyl (C=O) groups excluding carboxylic acids is 2. The van der Waals surface area contributed by atoms with Crippen molar-refractivity contribution in [1.82, 2.24) is 5.32 Å². The highest BCUT2D eigenvalue weighted by Gasteiger charge is 2.16. The van der Waals surface area contributed by atoms with Crippen LogP contribution >= 0.6 is 11.6 Å². The van der Waals surface area contributed by atoms with Gasteiger partial charge in [-0.1, -0.05) is 30.7 Å². The van der Waals surface area contributed by atoms with Gasteiger partial charge in [-0.15, -0.1) is 0 Å². The number of nitrogens with one attached hydrogen (secondary N) is 1. The summed E-state index contributed by atoms with van der Waals surface area (Å²) in [7, 11) is 1.46. The van der Waals surface area contributed by atoms with Crippen molar-refractivity contribution >= 4 is 23.4 Å². The highest BCUT2D eigenvalue weighted by molar-refractivity contribution is 6.30. The van der Waals surface area contributed by atoms with Gasteiger partial charge < -0.3 is 20.5 Å². The van der Waals surface area contributed by atoms with Gasteiger partial charge in [0.2, 0.25) is 0 Å². The van der Waals surface area contributed by atoms with E-state index in [1.807, 2.05) is 19.1 Å². The zero-order valence-corrected chi connectivity index (χ0v) is 15.4. The monoisotopic (exact) mass is 376 g/mol. The lowest BCUT2D eigenvalue weighted by Gasteiger charge is -2.18. The Morgan fingerprint density at radius 2 is 1.85 bits per heavy atom. The molecule has 0 spiro atoms. The Morgan fingerprint density at radius 3 is 2.42 bits per heavy atom. The molecule has 0 aliphatic rings. The number of ether oxygens (including phenoxy) is 2. The molecule has 26 heavy (non-hydrogen) atoms. The van der Waals surface area contributed by atoms with Gasteiger partial charge in [0.05, 0.1) is 13.2 Å². The molecule has 3 N–H and O–H groups in total. The van der Waals surface area contributed by atoms with E-state index in [9.17, 15) is 9.59 Å². The lowest BCUT2D eigenvalue weighted by atomic mass is 10.0. The molecule has 1 atom stereocenters. The first kappa shape index (κ1) is 19.6. The molecule has 2 rings (SSSR count). The predicted octanol–water partition coefficient (Wildman–Crippen LogP) is 3.09. The van der Waals surface area contributed by atoms with Crippen LogP contribution in [0.3, 0.4) is 0 Å². The number of halogens is 1. The molecule has 0 heterocycles. The van der Waals surface area contributed by atoms with Gasteiger partial charge in [-0.2, -0.15) is 0 Å². The van der Waals surface area contributed by atoms with Crippen molar-refractivity contribution in [2.24, 2.45) is 5.73 Å². The molecule has 0 bridgehead atoms. The van der Waals surface area contributed by atoms with Gasteiger partial charge in [-0.3, -0.25) is 9.59 Å². The van der Waals surface area contributed by atoms with Crippen LogP contribution in [0.5, 0.6) is 11.5 Å². The van der Waals surface area contributed by atoms with Crippen LogP contribution in [-0.2, 0) is 4.79 Å². The molecule has 0 saturated carbocycles. The Balaban J connectivity index is 2.14. The van der Waals surface area contributed by atoms with Gasteiger partial charge in [0.25, 0.3) is 11.8 Å². The second-order valence-electron chi connectivity index (χ2n) is 5.61. The van der Waals surface area contributed by atoms with Gasteiger partial charge in [-0.25, -0.2) is 0 Å². The maximum atomic E-state index is 12.6. The van der Waals surface area contributed by atoms with Crippen LogP contribution in [-0.4, -0.2) is 25.5 Å². The second kappa shape index (κ2) is 9.10. The normalized spacial score (nSPS) is 11.5. The highest BCUT2D eigenvalue weighted by Crippen LogP contribution is 2.28. The third kappa shape index (κ3) is 5.13. The van der Waals surface area contributed by atoms with E-state index in [1.165, 1.54) is 7.11 Å². The Morgan fingerprint density at radius 1 is 1.15 bits per heavy atom. The molecule has 0 radical (unpaired) electrons. The number of benzene rings is 2. The molecule has 0 aliphatic heterocycles. The van der Waals surface area contributed by atoms with E-state index in [-0.39, 0.29) is 18.6 Å². The molecule has 0 fully saturated rings. The van der Waals surface area contributed by atoms with Gasteiger partial charge in [0.15, 0.2) is 18.1 Å². The number of rotatable bonds is 8. The van der Waals surface area contributed by atoms with Crippen LogP contribution < -0.4 is 20.5 Å². The summed E-state index contributed by atoms with van der Waals surface area (Å²) in [6, 6.07) is 11.9. The van der Waals surface area contributed by atoms with E-state index in [4.69, 9.17) is 26.8 Å². The Labute approximate surface area is 157 Å². The van der Waals surface area contributed by atoms with Crippen molar-refractivity contribution in [2.45, 2.75) is 19.4 Å². The van der Waals surface area contributed by atoms with Crippen LogP contribution in [0, 0.1) is 0 Å². The number of methoxy groups -OCH3 is 1. The Kier molecular flexibility index (Phi) is 6.86. The first-order chi connectivity index (χ1) is 12.4. The van der Waals surface area contributed by atoms with E-state index in [1.54, 1.807) is 30.3 Å². The summed E-state index contributed by atoms with van der Waals surface area (Å²) < 4.78 is 10.5. The Hall–Kier alpha value is -2.73. The number of amides is 2. The van der Waals surface area contributed by atoms with Crippen LogP contribution in [0.15, 0.2) is 42.5 Å². The lowest BCUT2D eigenvalue weighted by molar-refractivity contribution is -0.119. The van der Waals surface area contributed by atoms with Crippen molar-refractivity contribution in [3.63, 3.8) is 0 Å². The largest absolute Gasteiger partial charge is 0.493 e. The fourth-order valence-electron chi connectivity index (χ4n) is 2.43. The van der Waals surface area contributed by atoms with Crippen LogP contribution in [0.1, 0.15) is 35.3 Å². The molecule has 0 unspecified atom stereocenters. The average molecular weight is 377 g/mol. The predicted molar refractivity (Wildman–Crippen MR) is 99.6 cm³/mol. The van der Waals surface area contributed by atoms with Crippen LogP contribution in [0.4, 0.5) is 0 Å². The molecule has 138 valence electrons. The Bertz CT molecular complexity index is 778. The summed E-state index contributed by atoms with van der Waals surface area (Å²) in [5.74, 6) is -0.153. The summed E-state index contributed by atoms with van der Waals surface area (Å²) >= 11 is 5.91. The van der Waals surface area contributed by atoms with Gasteiger partial charge in [0.1, 0.15) is 0 Å². The maximum absolute atomic E-state index is 12.6. The third-order valence-corrected chi connectivity index (χ3v) is 4.03. The summed E-state index contributed by atoms with van der Waals surface area (Å²) in [5.41, 5.74) is 6.46. The molecule has 0 saturated heterocycles. The topological polar surface area (TPSA) is 90.6 Å². The molecule has 2 aromatic carbocycles. The lowest BCUT2D eigenvalue weighted by Crippen LogP contribution is -2.28. The van der Waals surface area contributed by atoms with Gasteiger partial charge in [0, 0.05) is 10.6 Å². The van der Waals surface area contributed by atoms with Crippen LogP contribution in [0.25, 0.3) is 0 Å². The van der Waals surface area contributed by atoms with Crippen LogP contribution in [0.2, 0.25) is 5.02 Å². The molecule has 6 nitrogen and oxygen atoms in total. The fourth-order valence-corrected chi connectivity index (χ4v) is 2.56. The quantitative estimate of drug-likeness (QED) is 0.740. The van der Waals surface area contributed by atoms with Gasteiger partial charge >= 0.3 is 0 Å². The van der Waals surface area contributed by atoms with E-state index in [2.05, 4.69) is 5.32 Å². The summed E-state index contributed by atoms with van der Waals surface area (Å²) in [6.45, 7) is 1.72. The minimum atomic E-state index is -0.595.